The lowest BCUT2D eigenvalue weighted by Gasteiger charge is -2.26. The SMILES string of the molecule is CC(C)c1cccc(C(C)C)c1-c1cc(-c2cc(-c3ccccc3)ccn2)cc(-c2cc(C(C)(C)C)c3cc(C(C)(C)C)cc(O)c3n2)c1. The predicted molar refractivity (Wildman–Crippen MR) is 209 cm³/mol. The fourth-order valence-corrected chi connectivity index (χ4v) is 6.86. The number of phenols is 1. The summed E-state index contributed by atoms with van der Waals surface area (Å²) in [6, 6.07) is 34.6. The van der Waals surface area contributed by atoms with Crippen molar-refractivity contribution < 1.29 is 5.11 Å². The maximum Gasteiger partial charge on any atom is 0.142 e. The number of pyridine rings is 2. The highest BCUT2D eigenvalue weighted by molar-refractivity contribution is 5.92. The van der Waals surface area contributed by atoms with Crippen LogP contribution in [-0.4, -0.2) is 15.1 Å². The Morgan fingerprint density at radius 2 is 1.16 bits per heavy atom. The standard InChI is InChI=1S/C46H50N2O/c1-28(2)36-17-14-18-37(29(3)4)43(36)34-22-32(40-24-31(19-20-47-40)30-15-12-11-13-16-30)21-33(23-34)41-27-39(46(8,9)10)38-25-35(45(5,6)7)26-42(49)44(38)48-41/h11-29,49H,1-10H3. The highest BCUT2D eigenvalue weighted by Gasteiger charge is 2.25. The number of aromatic hydroxyl groups is 1. The number of hydrogen-bond donors (Lipinski definition) is 1. The fourth-order valence-electron chi connectivity index (χ4n) is 6.86. The molecule has 0 aliphatic heterocycles. The van der Waals surface area contributed by atoms with E-state index in [9.17, 15) is 5.11 Å². The molecule has 1 N–H and O–H groups in total. The molecule has 3 heteroatoms. The maximum absolute atomic E-state index is 11.5. The summed E-state index contributed by atoms with van der Waals surface area (Å²) in [6.07, 6.45) is 1.91. The van der Waals surface area contributed by atoms with E-state index < -0.39 is 0 Å². The van der Waals surface area contributed by atoms with Crippen LogP contribution >= 0.6 is 0 Å². The van der Waals surface area contributed by atoms with Gasteiger partial charge >= 0.3 is 0 Å². The Labute approximate surface area is 293 Å². The van der Waals surface area contributed by atoms with Gasteiger partial charge < -0.3 is 5.11 Å². The zero-order chi connectivity index (χ0) is 35.2. The van der Waals surface area contributed by atoms with E-state index in [-0.39, 0.29) is 16.6 Å². The predicted octanol–water partition coefficient (Wildman–Crippen LogP) is 12.8. The van der Waals surface area contributed by atoms with Gasteiger partial charge in [0, 0.05) is 22.7 Å². The zero-order valence-corrected chi connectivity index (χ0v) is 30.8. The van der Waals surface area contributed by atoms with Crippen LogP contribution in [0, 0.1) is 0 Å². The van der Waals surface area contributed by atoms with E-state index in [2.05, 4.69) is 154 Å². The van der Waals surface area contributed by atoms with Crippen molar-refractivity contribution in [1.82, 2.24) is 9.97 Å². The van der Waals surface area contributed by atoms with Gasteiger partial charge in [0.1, 0.15) is 11.3 Å². The average molecular weight is 647 g/mol. The van der Waals surface area contributed by atoms with Crippen molar-refractivity contribution in [2.75, 3.05) is 0 Å². The number of hydrogen-bond acceptors (Lipinski definition) is 3. The molecule has 2 aromatic heterocycles. The molecule has 250 valence electrons. The molecule has 0 bridgehead atoms. The molecule has 0 saturated heterocycles. The van der Waals surface area contributed by atoms with Gasteiger partial charge in [0.25, 0.3) is 0 Å². The largest absolute Gasteiger partial charge is 0.506 e. The van der Waals surface area contributed by atoms with Crippen LogP contribution in [0.4, 0.5) is 0 Å². The van der Waals surface area contributed by atoms with E-state index in [1.165, 1.54) is 16.7 Å². The third-order valence-electron chi connectivity index (χ3n) is 9.62. The molecule has 0 radical (unpaired) electrons. The minimum atomic E-state index is -0.181. The van der Waals surface area contributed by atoms with Gasteiger partial charge in [0.05, 0.1) is 11.4 Å². The molecule has 0 saturated carbocycles. The van der Waals surface area contributed by atoms with E-state index in [1.807, 2.05) is 18.3 Å². The van der Waals surface area contributed by atoms with E-state index in [0.717, 1.165) is 55.7 Å². The molecule has 49 heavy (non-hydrogen) atoms. The lowest BCUT2D eigenvalue weighted by atomic mass is 9.80. The first-order chi connectivity index (χ1) is 23.1. The van der Waals surface area contributed by atoms with Crippen molar-refractivity contribution in [3.8, 4) is 50.5 Å². The van der Waals surface area contributed by atoms with Crippen LogP contribution in [-0.2, 0) is 10.8 Å². The number of aromatic nitrogens is 2. The second-order valence-electron chi connectivity index (χ2n) is 16.2. The molecule has 0 unspecified atom stereocenters. The summed E-state index contributed by atoms with van der Waals surface area (Å²) >= 11 is 0. The Morgan fingerprint density at radius 1 is 0.551 bits per heavy atom. The molecule has 0 fully saturated rings. The highest BCUT2D eigenvalue weighted by Crippen LogP contribution is 2.43. The zero-order valence-electron chi connectivity index (χ0n) is 30.8. The second kappa shape index (κ2) is 12.9. The van der Waals surface area contributed by atoms with E-state index in [1.54, 1.807) is 0 Å². The average Bonchev–Trinajstić information content (AvgIpc) is 3.06. The lowest BCUT2D eigenvalue weighted by Crippen LogP contribution is -2.15. The molecule has 0 aliphatic rings. The number of rotatable bonds is 6. The van der Waals surface area contributed by atoms with Gasteiger partial charge in [0.2, 0.25) is 0 Å². The summed E-state index contributed by atoms with van der Waals surface area (Å²) in [6.45, 7) is 22.3. The van der Waals surface area contributed by atoms with Crippen LogP contribution in [0.1, 0.15) is 103 Å². The maximum atomic E-state index is 11.5. The Balaban J connectivity index is 1.67. The molecular weight excluding hydrogens is 597 g/mol. The van der Waals surface area contributed by atoms with E-state index in [4.69, 9.17) is 9.97 Å². The first-order valence-corrected chi connectivity index (χ1v) is 17.6. The van der Waals surface area contributed by atoms with Crippen LogP contribution in [0.15, 0.2) is 103 Å². The quantitative estimate of drug-likeness (QED) is 0.196. The normalized spacial score (nSPS) is 12.3. The lowest BCUT2D eigenvalue weighted by molar-refractivity contribution is 0.476. The summed E-state index contributed by atoms with van der Waals surface area (Å²) in [7, 11) is 0. The van der Waals surface area contributed by atoms with Crippen LogP contribution in [0.2, 0.25) is 0 Å². The Kier molecular flexibility index (Phi) is 9.00. The second-order valence-corrected chi connectivity index (χ2v) is 16.2. The number of phenolic OH excluding ortho intramolecular Hbond substituents is 1. The van der Waals surface area contributed by atoms with Gasteiger partial charge in [-0.2, -0.15) is 0 Å². The Bertz CT molecular complexity index is 2120. The molecule has 0 amide bonds. The number of nitrogens with zero attached hydrogens (tertiary/aromatic N) is 2. The summed E-state index contributed by atoms with van der Waals surface area (Å²) in [5.41, 5.74) is 13.8. The van der Waals surface area contributed by atoms with Crippen LogP contribution < -0.4 is 0 Å². The van der Waals surface area contributed by atoms with Gasteiger partial charge in [0.15, 0.2) is 0 Å². The summed E-state index contributed by atoms with van der Waals surface area (Å²) < 4.78 is 0. The third-order valence-corrected chi connectivity index (χ3v) is 9.62. The Hall–Kier alpha value is -4.76. The smallest absolute Gasteiger partial charge is 0.142 e. The Morgan fingerprint density at radius 3 is 1.76 bits per heavy atom. The van der Waals surface area contributed by atoms with Gasteiger partial charge in [-0.05, 0) is 116 Å². The van der Waals surface area contributed by atoms with E-state index >= 15 is 0 Å². The molecule has 6 aromatic rings. The first-order valence-electron chi connectivity index (χ1n) is 17.6. The summed E-state index contributed by atoms with van der Waals surface area (Å²) in [5.74, 6) is 0.914. The van der Waals surface area contributed by atoms with E-state index in [0.29, 0.717) is 17.4 Å². The van der Waals surface area contributed by atoms with Crippen LogP contribution in [0.3, 0.4) is 0 Å². The number of fused-ring (bicyclic) bond motifs is 1. The van der Waals surface area contributed by atoms with Gasteiger partial charge in [-0.15, -0.1) is 0 Å². The van der Waals surface area contributed by atoms with Crippen molar-refractivity contribution in [3.05, 3.63) is 126 Å². The van der Waals surface area contributed by atoms with Crippen molar-refractivity contribution >= 4 is 10.9 Å². The highest BCUT2D eigenvalue weighted by atomic mass is 16.3. The number of benzene rings is 4. The minimum absolute atomic E-state index is 0.109. The van der Waals surface area contributed by atoms with Crippen molar-refractivity contribution in [2.24, 2.45) is 0 Å². The topological polar surface area (TPSA) is 46.0 Å². The van der Waals surface area contributed by atoms with Crippen molar-refractivity contribution in [3.63, 3.8) is 0 Å². The summed E-state index contributed by atoms with van der Waals surface area (Å²) in [4.78, 5) is 10.1. The van der Waals surface area contributed by atoms with Crippen LogP contribution in [0.25, 0.3) is 55.7 Å². The van der Waals surface area contributed by atoms with Gasteiger partial charge in [-0.3, -0.25) is 4.98 Å². The molecule has 4 aromatic carbocycles. The molecule has 3 nitrogen and oxygen atoms in total. The molecule has 0 atom stereocenters. The van der Waals surface area contributed by atoms with Gasteiger partial charge in [-0.1, -0.05) is 118 Å². The molecule has 0 spiro atoms. The molecule has 6 rings (SSSR count). The monoisotopic (exact) mass is 646 g/mol. The molecule has 0 aliphatic carbocycles. The minimum Gasteiger partial charge on any atom is -0.506 e. The molecule has 2 heterocycles. The fraction of sp³-hybridized carbons (Fsp3) is 0.304. The van der Waals surface area contributed by atoms with Crippen LogP contribution in [0.5, 0.6) is 5.75 Å². The van der Waals surface area contributed by atoms with Crippen molar-refractivity contribution in [1.29, 1.82) is 0 Å². The first kappa shape index (κ1) is 34.1. The van der Waals surface area contributed by atoms with Gasteiger partial charge in [-0.25, -0.2) is 4.98 Å². The van der Waals surface area contributed by atoms with Crippen molar-refractivity contribution in [2.45, 2.75) is 91.9 Å². The third kappa shape index (κ3) is 6.90. The summed E-state index contributed by atoms with van der Waals surface area (Å²) in [5, 5.41) is 12.5. The molecular formula is C46H50N2O.